The molecule has 1 aromatic carbocycles. The smallest absolute Gasteiger partial charge is 0.410 e. The molecule has 1 saturated carbocycles. The Hall–Kier alpha value is -2.76. The third kappa shape index (κ3) is 4.21. The van der Waals surface area contributed by atoms with Gasteiger partial charge in [-0.1, -0.05) is 6.07 Å². The van der Waals surface area contributed by atoms with Crippen LogP contribution < -0.4 is 9.47 Å². The highest BCUT2D eigenvalue weighted by Crippen LogP contribution is 2.36. The van der Waals surface area contributed by atoms with Crippen LogP contribution in [0, 0.1) is 0 Å². The van der Waals surface area contributed by atoms with Gasteiger partial charge in [0.05, 0.1) is 13.2 Å². The van der Waals surface area contributed by atoms with Crippen LogP contribution in [0.4, 0.5) is 4.79 Å². The summed E-state index contributed by atoms with van der Waals surface area (Å²) >= 11 is 0. The molecular weight excluding hydrogens is 356 g/mol. The Kier molecular flexibility index (Phi) is 5.65. The fourth-order valence-electron chi connectivity index (χ4n) is 3.88. The topological polar surface area (TPSA) is 60.9 Å². The Labute approximate surface area is 165 Å². The van der Waals surface area contributed by atoms with Gasteiger partial charge in [-0.25, -0.2) is 4.79 Å². The van der Waals surface area contributed by atoms with Crippen LogP contribution in [0.5, 0.6) is 11.5 Å². The zero-order valence-corrected chi connectivity index (χ0v) is 16.2. The molecule has 1 unspecified atom stereocenters. The van der Waals surface area contributed by atoms with E-state index in [0.717, 1.165) is 41.9 Å². The molecule has 1 saturated heterocycles. The van der Waals surface area contributed by atoms with E-state index in [1.165, 1.54) is 12.8 Å². The third-order valence-corrected chi connectivity index (χ3v) is 5.44. The Balaban J connectivity index is 1.43. The van der Waals surface area contributed by atoms with E-state index in [9.17, 15) is 4.79 Å². The molecular formula is C22H26N2O4. The number of hydrogen-bond donors (Lipinski definition) is 0. The van der Waals surface area contributed by atoms with Gasteiger partial charge in [-0.05, 0) is 61.1 Å². The number of amides is 1. The van der Waals surface area contributed by atoms with E-state index in [-0.39, 0.29) is 18.3 Å². The Morgan fingerprint density at radius 3 is 2.61 bits per heavy atom. The maximum Gasteiger partial charge on any atom is 0.410 e. The molecule has 0 radical (unpaired) electrons. The van der Waals surface area contributed by atoms with Crippen molar-refractivity contribution in [2.24, 2.45) is 0 Å². The highest BCUT2D eigenvalue weighted by Gasteiger charge is 2.29. The first kappa shape index (κ1) is 18.6. The fraction of sp³-hybridized carbons (Fsp3) is 0.455. The molecule has 6 heteroatoms. The van der Waals surface area contributed by atoms with E-state index in [4.69, 9.17) is 14.2 Å². The second kappa shape index (κ2) is 8.50. The van der Waals surface area contributed by atoms with Crippen LogP contribution >= 0.6 is 0 Å². The maximum absolute atomic E-state index is 12.5. The van der Waals surface area contributed by atoms with E-state index < -0.39 is 0 Å². The van der Waals surface area contributed by atoms with Crippen molar-refractivity contribution in [3.63, 3.8) is 0 Å². The van der Waals surface area contributed by atoms with Crippen molar-refractivity contribution in [2.75, 3.05) is 13.7 Å². The summed E-state index contributed by atoms with van der Waals surface area (Å²) in [5.41, 5.74) is 1.99. The fourth-order valence-corrected chi connectivity index (χ4v) is 3.88. The molecule has 0 spiro atoms. The summed E-state index contributed by atoms with van der Waals surface area (Å²) in [6.07, 6.45) is 8.47. The van der Waals surface area contributed by atoms with Gasteiger partial charge in [-0.2, -0.15) is 0 Å². The number of rotatable bonds is 6. The molecule has 2 aromatic rings. The standard InChI is InChI=1S/C22H26N2O4/c1-26-20-7-6-17(14-21(20)27-18-4-2-3-5-18)19-10-13-24(22(25)28-19)15-16-8-11-23-12-9-16/h6-9,11-12,14,18-19H,2-5,10,13,15H2,1H3. The summed E-state index contributed by atoms with van der Waals surface area (Å²) in [4.78, 5) is 18.2. The van der Waals surface area contributed by atoms with Crippen LogP contribution in [0.2, 0.25) is 0 Å². The Bertz CT molecular complexity index is 805. The zero-order chi connectivity index (χ0) is 19.3. The van der Waals surface area contributed by atoms with Crippen molar-refractivity contribution in [3.8, 4) is 11.5 Å². The lowest BCUT2D eigenvalue weighted by atomic mass is 10.0. The molecule has 1 aromatic heterocycles. The molecule has 4 rings (SSSR count). The van der Waals surface area contributed by atoms with Crippen LogP contribution in [-0.4, -0.2) is 35.7 Å². The number of ether oxygens (including phenoxy) is 3. The molecule has 2 aliphatic rings. The second-order valence-electron chi connectivity index (χ2n) is 7.37. The largest absolute Gasteiger partial charge is 0.493 e. The van der Waals surface area contributed by atoms with Crippen LogP contribution in [0.15, 0.2) is 42.7 Å². The minimum Gasteiger partial charge on any atom is -0.493 e. The SMILES string of the molecule is COc1ccc(C2CCN(Cc3ccncc3)C(=O)O2)cc1OC1CCCC1. The minimum absolute atomic E-state index is 0.244. The maximum atomic E-state index is 12.5. The number of methoxy groups -OCH3 is 1. The lowest BCUT2D eigenvalue weighted by Gasteiger charge is -2.32. The second-order valence-corrected chi connectivity index (χ2v) is 7.37. The lowest BCUT2D eigenvalue weighted by Crippen LogP contribution is -2.38. The van der Waals surface area contributed by atoms with Gasteiger partial charge < -0.3 is 19.1 Å². The number of pyridine rings is 1. The average molecular weight is 382 g/mol. The molecule has 1 atom stereocenters. The molecule has 1 aliphatic heterocycles. The highest BCUT2D eigenvalue weighted by molar-refractivity contribution is 5.69. The quantitative estimate of drug-likeness (QED) is 0.736. The predicted molar refractivity (Wildman–Crippen MR) is 104 cm³/mol. The number of carbonyl (C=O) groups excluding carboxylic acids is 1. The molecule has 2 fully saturated rings. The highest BCUT2D eigenvalue weighted by atomic mass is 16.6. The van der Waals surface area contributed by atoms with E-state index in [1.807, 2.05) is 30.3 Å². The summed E-state index contributed by atoms with van der Waals surface area (Å²) in [7, 11) is 1.65. The van der Waals surface area contributed by atoms with Gasteiger partial charge in [0.1, 0.15) is 6.10 Å². The van der Waals surface area contributed by atoms with Crippen LogP contribution in [0.3, 0.4) is 0 Å². The molecule has 148 valence electrons. The van der Waals surface area contributed by atoms with Gasteiger partial charge in [0.2, 0.25) is 0 Å². The van der Waals surface area contributed by atoms with E-state index >= 15 is 0 Å². The first-order chi connectivity index (χ1) is 13.7. The number of carbonyl (C=O) groups is 1. The summed E-state index contributed by atoms with van der Waals surface area (Å²) < 4.78 is 17.4. The number of cyclic esters (lactones) is 1. The number of benzene rings is 1. The van der Waals surface area contributed by atoms with Gasteiger partial charge in [0, 0.05) is 31.9 Å². The summed E-state index contributed by atoms with van der Waals surface area (Å²) in [6, 6.07) is 9.65. The van der Waals surface area contributed by atoms with E-state index in [1.54, 1.807) is 24.4 Å². The number of aromatic nitrogens is 1. The number of nitrogens with zero attached hydrogens (tertiary/aromatic N) is 2. The first-order valence-electron chi connectivity index (χ1n) is 9.92. The minimum atomic E-state index is -0.290. The normalized spacial score (nSPS) is 20.1. The molecule has 6 nitrogen and oxygen atoms in total. The number of hydrogen-bond acceptors (Lipinski definition) is 5. The van der Waals surface area contributed by atoms with Crippen molar-refractivity contribution < 1.29 is 19.0 Å². The van der Waals surface area contributed by atoms with Gasteiger partial charge in [-0.3, -0.25) is 4.98 Å². The van der Waals surface area contributed by atoms with Crippen molar-refractivity contribution >= 4 is 6.09 Å². The molecule has 0 N–H and O–H groups in total. The monoisotopic (exact) mass is 382 g/mol. The van der Waals surface area contributed by atoms with Gasteiger partial charge >= 0.3 is 6.09 Å². The molecule has 2 heterocycles. The van der Waals surface area contributed by atoms with Crippen LogP contribution in [0.1, 0.15) is 49.3 Å². The predicted octanol–water partition coefficient (Wildman–Crippen LogP) is 4.50. The summed E-state index contributed by atoms with van der Waals surface area (Å²) in [6.45, 7) is 1.18. The van der Waals surface area contributed by atoms with Gasteiger partial charge in [-0.15, -0.1) is 0 Å². The van der Waals surface area contributed by atoms with E-state index in [2.05, 4.69) is 4.98 Å². The van der Waals surface area contributed by atoms with Crippen LogP contribution in [-0.2, 0) is 11.3 Å². The van der Waals surface area contributed by atoms with Crippen molar-refractivity contribution in [1.82, 2.24) is 9.88 Å². The average Bonchev–Trinajstić information content (AvgIpc) is 3.23. The van der Waals surface area contributed by atoms with Gasteiger partial charge in [0.15, 0.2) is 11.5 Å². The van der Waals surface area contributed by atoms with Crippen LogP contribution in [0.25, 0.3) is 0 Å². The molecule has 28 heavy (non-hydrogen) atoms. The molecule has 1 amide bonds. The Morgan fingerprint density at radius 1 is 1.11 bits per heavy atom. The van der Waals surface area contributed by atoms with Crippen molar-refractivity contribution in [1.29, 1.82) is 0 Å². The molecule has 0 bridgehead atoms. The van der Waals surface area contributed by atoms with Crippen molar-refractivity contribution in [2.45, 2.75) is 50.9 Å². The first-order valence-corrected chi connectivity index (χ1v) is 9.92. The summed E-state index contributed by atoms with van der Waals surface area (Å²) in [5.74, 6) is 1.46. The Morgan fingerprint density at radius 2 is 1.89 bits per heavy atom. The lowest BCUT2D eigenvalue weighted by molar-refractivity contribution is 0.0215. The zero-order valence-electron chi connectivity index (χ0n) is 16.2. The summed E-state index contributed by atoms with van der Waals surface area (Å²) in [5, 5.41) is 0. The third-order valence-electron chi connectivity index (χ3n) is 5.44. The van der Waals surface area contributed by atoms with Crippen molar-refractivity contribution in [3.05, 3.63) is 53.9 Å². The van der Waals surface area contributed by atoms with E-state index in [0.29, 0.717) is 13.1 Å². The molecule has 1 aliphatic carbocycles. The van der Waals surface area contributed by atoms with Gasteiger partial charge in [0.25, 0.3) is 0 Å².